The van der Waals surface area contributed by atoms with Crippen molar-refractivity contribution in [3.05, 3.63) is 76.6 Å². The van der Waals surface area contributed by atoms with Crippen LogP contribution in [0.5, 0.6) is 0 Å². The molecule has 1 aromatic heterocycles. The Morgan fingerprint density at radius 2 is 1.70 bits per heavy atom. The van der Waals surface area contributed by atoms with Gasteiger partial charge in [-0.05, 0) is 43.3 Å². The Balaban J connectivity index is 1.52. The number of anilines is 4. The lowest BCUT2D eigenvalue weighted by molar-refractivity contribution is -0.383. The van der Waals surface area contributed by atoms with Gasteiger partial charge in [0.05, 0.1) is 17.1 Å². The first-order valence-electron chi connectivity index (χ1n) is 10.7. The van der Waals surface area contributed by atoms with E-state index in [9.17, 15) is 14.9 Å². The fourth-order valence-electron chi connectivity index (χ4n) is 3.72. The summed E-state index contributed by atoms with van der Waals surface area (Å²) in [5.41, 5.74) is 1.91. The Morgan fingerprint density at radius 3 is 2.33 bits per heavy atom. The van der Waals surface area contributed by atoms with Crippen molar-refractivity contribution in [2.75, 3.05) is 47.9 Å². The van der Waals surface area contributed by atoms with Gasteiger partial charge in [-0.1, -0.05) is 18.2 Å². The van der Waals surface area contributed by atoms with Crippen molar-refractivity contribution in [3.8, 4) is 0 Å². The first-order valence-corrected chi connectivity index (χ1v) is 10.7. The van der Waals surface area contributed by atoms with E-state index in [1.54, 1.807) is 31.2 Å². The Bertz CT molecular complexity index is 1120. The third-order valence-electron chi connectivity index (χ3n) is 5.34. The van der Waals surface area contributed by atoms with Gasteiger partial charge in [-0.15, -0.1) is 0 Å². The van der Waals surface area contributed by atoms with Crippen LogP contribution < -0.4 is 15.1 Å². The second kappa shape index (κ2) is 9.94. The normalized spacial score (nSPS) is 13.5. The van der Waals surface area contributed by atoms with Gasteiger partial charge in [0.1, 0.15) is 6.33 Å². The molecular formula is C23H24N6O4. The molecule has 0 bridgehead atoms. The molecule has 170 valence electrons. The fraction of sp³-hybridized carbons (Fsp3) is 0.261. The molecular weight excluding hydrogens is 424 g/mol. The van der Waals surface area contributed by atoms with Gasteiger partial charge in [-0.25, -0.2) is 14.8 Å². The average molecular weight is 448 g/mol. The van der Waals surface area contributed by atoms with E-state index < -0.39 is 10.9 Å². The molecule has 1 N–H and O–H groups in total. The van der Waals surface area contributed by atoms with Gasteiger partial charge in [-0.2, -0.15) is 0 Å². The molecule has 2 heterocycles. The smallest absolute Gasteiger partial charge is 0.353 e. The van der Waals surface area contributed by atoms with Crippen LogP contribution in [0.1, 0.15) is 17.3 Å². The van der Waals surface area contributed by atoms with Crippen LogP contribution in [0.4, 0.5) is 28.7 Å². The molecule has 0 saturated carbocycles. The predicted molar refractivity (Wildman–Crippen MR) is 125 cm³/mol. The predicted octanol–water partition coefficient (Wildman–Crippen LogP) is 3.63. The minimum atomic E-state index is -0.464. The molecule has 1 aliphatic rings. The number of piperazine rings is 1. The fourth-order valence-corrected chi connectivity index (χ4v) is 3.72. The van der Waals surface area contributed by atoms with Crippen molar-refractivity contribution in [1.82, 2.24) is 9.97 Å². The number of rotatable bonds is 7. The standard InChI is InChI=1S/C23H24N6O4/c1-2-33-23(30)17-8-10-18(11-9-17)26-21-20(29(31)32)22(25-16-24-21)28-14-12-27(13-15-28)19-6-4-3-5-7-19/h3-11,16H,2,12-15H2,1H3,(H,24,25,26). The van der Waals surface area contributed by atoms with Gasteiger partial charge in [0.25, 0.3) is 0 Å². The second-order valence-electron chi connectivity index (χ2n) is 7.38. The third-order valence-corrected chi connectivity index (χ3v) is 5.34. The maximum atomic E-state index is 12.0. The summed E-state index contributed by atoms with van der Waals surface area (Å²) in [6, 6.07) is 16.6. The van der Waals surface area contributed by atoms with Crippen LogP contribution >= 0.6 is 0 Å². The quantitative estimate of drug-likeness (QED) is 0.329. The van der Waals surface area contributed by atoms with Gasteiger partial charge in [-0.3, -0.25) is 10.1 Å². The second-order valence-corrected chi connectivity index (χ2v) is 7.38. The number of nitrogens with one attached hydrogen (secondary N) is 1. The number of benzene rings is 2. The summed E-state index contributed by atoms with van der Waals surface area (Å²) < 4.78 is 4.98. The van der Waals surface area contributed by atoms with Crippen LogP contribution in [0.25, 0.3) is 0 Å². The summed E-state index contributed by atoms with van der Waals surface area (Å²) in [4.78, 5) is 35.8. The highest BCUT2D eigenvalue weighted by molar-refractivity contribution is 5.90. The van der Waals surface area contributed by atoms with E-state index in [0.29, 0.717) is 24.3 Å². The van der Waals surface area contributed by atoms with Gasteiger partial charge < -0.3 is 19.9 Å². The van der Waals surface area contributed by atoms with E-state index in [2.05, 4.69) is 32.3 Å². The summed E-state index contributed by atoms with van der Waals surface area (Å²) in [6.07, 6.45) is 1.32. The van der Waals surface area contributed by atoms with E-state index in [1.165, 1.54) is 6.33 Å². The summed E-state index contributed by atoms with van der Waals surface area (Å²) in [5, 5.41) is 14.9. The van der Waals surface area contributed by atoms with E-state index in [4.69, 9.17) is 4.74 Å². The molecule has 0 atom stereocenters. The van der Waals surface area contributed by atoms with Crippen molar-refractivity contribution in [3.63, 3.8) is 0 Å². The number of nitrogens with zero attached hydrogens (tertiary/aromatic N) is 5. The monoisotopic (exact) mass is 448 g/mol. The highest BCUT2D eigenvalue weighted by Crippen LogP contribution is 2.34. The van der Waals surface area contributed by atoms with Crippen LogP contribution in [0.15, 0.2) is 60.9 Å². The third kappa shape index (κ3) is 5.00. The number of carbonyl (C=O) groups excluding carboxylic acids is 1. The van der Waals surface area contributed by atoms with E-state index in [0.717, 1.165) is 18.8 Å². The molecule has 4 rings (SSSR count). The zero-order valence-corrected chi connectivity index (χ0v) is 18.2. The Hall–Kier alpha value is -4.21. The van der Waals surface area contributed by atoms with Crippen LogP contribution in [0, 0.1) is 10.1 Å². The minimum absolute atomic E-state index is 0.0966. The Kier molecular flexibility index (Phi) is 6.63. The number of esters is 1. The SMILES string of the molecule is CCOC(=O)c1ccc(Nc2ncnc(N3CCN(c4ccccc4)CC3)c2[N+](=O)[O-])cc1. The lowest BCUT2D eigenvalue weighted by atomic mass is 10.2. The highest BCUT2D eigenvalue weighted by atomic mass is 16.6. The van der Waals surface area contributed by atoms with E-state index in [-0.39, 0.29) is 23.9 Å². The average Bonchev–Trinajstić information content (AvgIpc) is 2.85. The molecule has 0 amide bonds. The number of carbonyl (C=O) groups is 1. The summed E-state index contributed by atoms with van der Waals surface area (Å²) in [6.45, 7) is 4.67. The van der Waals surface area contributed by atoms with Crippen LogP contribution in [-0.4, -0.2) is 53.6 Å². The molecule has 0 radical (unpaired) electrons. The van der Waals surface area contributed by atoms with E-state index >= 15 is 0 Å². The largest absolute Gasteiger partial charge is 0.462 e. The van der Waals surface area contributed by atoms with Crippen LogP contribution in [0.3, 0.4) is 0 Å². The van der Waals surface area contributed by atoms with Gasteiger partial charge in [0.15, 0.2) is 0 Å². The van der Waals surface area contributed by atoms with Gasteiger partial charge in [0, 0.05) is 37.6 Å². The molecule has 0 spiro atoms. The molecule has 2 aromatic carbocycles. The van der Waals surface area contributed by atoms with Crippen molar-refractivity contribution >= 4 is 34.7 Å². The number of nitro groups is 1. The zero-order valence-electron chi connectivity index (χ0n) is 18.2. The van der Waals surface area contributed by atoms with Crippen molar-refractivity contribution in [1.29, 1.82) is 0 Å². The van der Waals surface area contributed by atoms with Crippen molar-refractivity contribution < 1.29 is 14.5 Å². The molecule has 10 heteroatoms. The first kappa shape index (κ1) is 22.0. The number of para-hydroxylation sites is 1. The molecule has 10 nitrogen and oxygen atoms in total. The van der Waals surface area contributed by atoms with Crippen LogP contribution in [-0.2, 0) is 4.74 Å². The number of aromatic nitrogens is 2. The van der Waals surface area contributed by atoms with Gasteiger partial charge in [0.2, 0.25) is 11.6 Å². The number of hydrogen-bond acceptors (Lipinski definition) is 9. The first-order chi connectivity index (χ1) is 16.1. The molecule has 0 unspecified atom stereocenters. The topological polar surface area (TPSA) is 114 Å². The van der Waals surface area contributed by atoms with Crippen molar-refractivity contribution in [2.45, 2.75) is 6.92 Å². The summed E-state index contributed by atoms with van der Waals surface area (Å²) >= 11 is 0. The Morgan fingerprint density at radius 1 is 1.03 bits per heavy atom. The van der Waals surface area contributed by atoms with Crippen molar-refractivity contribution in [2.24, 2.45) is 0 Å². The zero-order chi connectivity index (χ0) is 23.2. The maximum Gasteiger partial charge on any atom is 0.353 e. The van der Waals surface area contributed by atoms with Gasteiger partial charge >= 0.3 is 11.7 Å². The molecule has 3 aromatic rings. The van der Waals surface area contributed by atoms with Crippen LogP contribution in [0.2, 0.25) is 0 Å². The number of ether oxygens (including phenoxy) is 1. The molecule has 1 fully saturated rings. The lowest BCUT2D eigenvalue weighted by Crippen LogP contribution is -2.47. The highest BCUT2D eigenvalue weighted by Gasteiger charge is 2.29. The number of hydrogen-bond donors (Lipinski definition) is 1. The minimum Gasteiger partial charge on any atom is -0.462 e. The molecule has 1 aliphatic heterocycles. The molecule has 0 aliphatic carbocycles. The summed E-state index contributed by atoms with van der Waals surface area (Å²) in [5.74, 6) is -0.0401. The lowest BCUT2D eigenvalue weighted by Gasteiger charge is -2.36. The van der Waals surface area contributed by atoms with E-state index in [1.807, 2.05) is 23.1 Å². The summed E-state index contributed by atoms with van der Waals surface area (Å²) in [7, 11) is 0. The molecule has 1 saturated heterocycles. The maximum absolute atomic E-state index is 12.0. The Labute approximate surface area is 191 Å². The molecule has 33 heavy (non-hydrogen) atoms.